The average molecular weight is 462 g/mol. The van der Waals surface area contributed by atoms with Crippen LogP contribution in [0.15, 0.2) is 59.6 Å². The third-order valence-electron chi connectivity index (χ3n) is 5.07. The number of aldehydes is 1. The molecule has 0 fully saturated rings. The monoisotopic (exact) mass is 461 g/mol. The Labute approximate surface area is 186 Å². The zero-order valence-electron chi connectivity index (χ0n) is 17.2. The summed E-state index contributed by atoms with van der Waals surface area (Å²) in [5, 5.41) is 1.16. The third kappa shape index (κ3) is 5.04. The van der Waals surface area contributed by atoms with Gasteiger partial charge < -0.3 is 10.5 Å². The number of para-hydroxylation sites is 1. The minimum Gasteiger partial charge on any atom is -0.320 e. The first-order valence-electron chi connectivity index (χ1n) is 9.76. The Bertz CT molecular complexity index is 1200. The molecule has 164 valence electrons. The van der Waals surface area contributed by atoms with E-state index in [1.165, 1.54) is 28.8 Å². The molecule has 1 aromatic heterocycles. The van der Waals surface area contributed by atoms with Gasteiger partial charge in [-0.05, 0) is 48.2 Å². The molecule has 3 rings (SSSR count). The number of sulfonamides is 1. The zero-order chi connectivity index (χ0) is 22.8. The summed E-state index contributed by atoms with van der Waals surface area (Å²) in [5.74, 6) is -0.312. The Hall–Kier alpha value is -2.52. The number of nitrogens with two attached hydrogens (primary N) is 1. The predicted molar refractivity (Wildman–Crippen MR) is 121 cm³/mol. The summed E-state index contributed by atoms with van der Waals surface area (Å²) < 4.78 is 29.2. The summed E-state index contributed by atoms with van der Waals surface area (Å²) in [5.41, 5.74) is 7.37. The number of rotatable bonds is 8. The van der Waals surface area contributed by atoms with Gasteiger partial charge in [-0.1, -0.05) is 43.6 Å². The molecule has 0 saturated heterocycles. The van der Waals surface area contributed by atoms with Crippen LogP contribution in [0.1, 0.15) is 24.2 Å². The molecule has 2 atom stereocenters. The van der Waals surface area contributed by atoms with E-state index in [-0.39, 0.29) is 23.1 Å². The number of aromatic nitrogens is 1. The Kier molecular flexibility index (Phi) is 6.96. The maximum atomic E-state index is 12.9. The molecule has 2 aromatic carbocycles. The molecule has 0 bridgehead atoms. The van der Waals surface area contributed by atoms with Crippen molar-refractivity contribution in [1.29, 1.82) is 0 Å². The first-order chi connectivity index (χ1) is 14.6. The highest BCUT2D eigenvalue weighted by atomic mass is 35.5. The van der Waals surface area contributed by atoms with Gasteiger partial charge in [0, 0.05) is 16.6 Å². The SMILES string of the molecule is CC(C)[C@H](N)C(=O)n1cc(C[C@@H](C=O)NS(=O)(=O)c2ccc(Cl)cc2)c2ccccc21. The van der Waals surface area contributed by atoms with Gasteiger partial charge in [-0.25, -0.2) is 13.1 Å². The number of carbonyl (C=O) groups excluding carboxylic acids is 2. The second kappa shape index (κ2) is 9.32. The van der Waals surface area contributed by atoms with Crippen molar-refractivity contribution in [1.82, 2.24) is 9.29 Å². The number of nitrogens with zero attached hydrogens (tertiary/aromatic N) is 1. The van der Waals surface area contributed by atoms with Crippen LogP contribution in [0.3, 0.4) is 0 Å². The topological polar surface area (TPSA) is 111 Å². The van der Waals surface area contributed by atoms with Crippen molar-refractivity contribution in [2.45, 2.75) is 37.2 Å². The molecule has 7 nitrogen and oxygen atoms in total. The van der Waals surface area contributed by atoms with Gasteiger partial charge in [-0.2, -0.15) is 0 Å². The molecule has 0 spiro atoms. The van der Waals surface area contributed by atoms with E-state index in [4.69, 9.17) is 17.3 Å². The van der Waals surface area contributed by atoms with Crippen LogP contribution in [-0.4, -0.2) is 37.3 Å². The van der Waals surface area contributed by atoms with Gasteiger partial charge in [0.05, 0.1) is 22.5 Å². The number of benzene rings is 2. The minimum atomic E-state index is -3.93. The molecule has 0 aliphatic heterocycles. The van der Waals surface area contributed by atoms with E-state index in [1.54, 1.807) is 18.3 Å². The molecule has 0 unspecified atom stereocenters. The first-order valence-corrected chi connectivity index (χ1v) is 11.6. The van der Waals surface area contributed by atoms with Crippen molar-refractivity contribution < 1.29 is 18.0 Å². The summed E-state index contributed by atoms with van der Waals surface area (Å²) in [6.45, 7) is 3.73. The lowest BCUT2D eigenvalue weighted by Crippen LogP contribution is -2.39. The molecule has 0 saturated carbocycles. The lowest BCUT2D eigenvalue weighted by Gasteiger charge is -2.15. The third-order valence-corrected chi connectivity index (χ3v) is 6.83. The summed E-state index contributed by atoms with van der Waals surface area (Å²) in [6.07, 6.45) is 2.25. The highest BCUT2D eigenvalue weighted by molar-refractivity contribution is 7.89. The summed E-state index contributed by atoms with van der Waals surface area (Å²) >= 11 is 5.82. The molecule has 1 heterocycles. The Balaban J connectivity index is 1.92. The second-order valence-corrected chi connectivity index (χ2v) is 9.82. The zero-order valence-corrected chi connectivity index (χ0v) is 18.7. The second-order valence-electron chi connectivity index (χ2n) is 7.67. The van der Waals surface area contributed by atoms with E-state index in [9.17, 15) is 18.0 Å². The number of hydrogen-bond acceptors (Lipinski definition) is 5. The molecule has 0 aliphatic carbocycles. The smallest absolute Gasteiger partial charge is 0.248 e. The molecule has 3 aromatic rings. The Morgan fingerprint density at radius 2 is 1.81 bits per heavy atom. The minimum absolute atomic E-state index is 0.00395. The highest BCUT2D eigenvalue weighted by Crippen LogP contribution is 2.24. The van der Waals surface area contributed by atoms with Crippen molar-refractivity contribution in [3.63, 3.8) is 0 Å². The van der Waals surface area contributed by atoms with Gasteiger partial charge in [0.2, 0.25) is 15.9 Å². The fraction of sp³-hybridized carbons (Fsp3) is 0.273. The van der Waals surface area contributed by atoms with Crippen molar-refractivity contribution >= 4 is 44.7 Å². The molecule has 9 heteroatoms. The van der Waals surface area contributed by atoms with Gasteiger partial charge in [-0.3, -0.25) is 9.36 Å². The predicted octanol–water partition coefficient (Wildman–Crippen LogP) is 3.01. The van der Waals surface area contributed by atoms with Crippen molar-refractivity contribution in [2.24, 2.45) is 11.7 Å². The molecule has 3 N–H and O–H groups in total. The number of halogens is 1. The van der Waals surface area contributed by atoms with Crippen LogP contribution >= 0.6 is 11.6 Å². The van der Waals surface area contributed by atoms with Crippen LogP contribution in [0.25, 0.3) is 10.9 Å². The molecule has 0 aliphatic rings. The Morgan fingerprint density at radius 1 is 1.16 bits per heavy atom. The van der Waals surface area contributed by atoms with E-state index in [1.807, 2.05) is 26.0 Å². The van der Waals surface area contributed by atoms with Crippen molar-refractivity contribution in [3.8, 4) is 0 Å². The van der Waals surface area contributed by atoms with Gasteiger partial charge >= 0.3 is 0 Å². The first kappa shape index (κ1) is 23.1. The van der Waals surface area contributed by atoms with Crippen LogP contribution in [0.4, 0.5) is 0 Å². The Morgan fingerprint density at radius 3 is 2.42 bits per heavy atom. The number of nitrogens with one attached hydrogen (secondary N) is 1. The molecular weight excluding hydrogens is 438 g/mol. The molecular formula is C22H24ClN3O4S. The van der Waals surface area contributed by atoms with Gasteiger partial charge in [0.25, 0.3) is 0 Å². The van der Waals surface area contributed by atoms with Gasteiger partial charge in [-0.15, -0.1) is 0 Å². The van der Waals surface area contributed by atoms with Crippen molar-refractivity contribution in [3.05, 3.63) is 65.3 Å². The average Bonchev–Trinajstić information content (AvgIpc) is 3.10. The number of fused-ring (bicyclic) bond motifs is 1. The van der Waals surface area contributed by atoms with Crippen LogP contribution in [0.2, 0.25) is 5.02 Å². The fourth-order valence-electron chi connectivity index (χ4n) is 3.28. The van der Waals surface area contributed by atoms with Crippen LogP contribution in [0, 0.1) is 5.92 Å². The lowest BCUT2D eigenvalue weighted by molar-refractivity contribution is -0.109. The molecule has 0 amide bonds. The fourth-order valence-corrected chi connectivity index (χ4v) is 4.57. The maximum absolute atomic E-state index is 12.9. The normalized spacial score (nSPS) is 14.0. The van der Waals surface area contributed by atoms with Crippen LogP contribution < -0.4 is 10.5 Å². The standard InChI is InChI=1S/C22H24ClN3O4S/c1-14(2)21(24)22(28)26-12-15(19-5-3-4-6-20(19)26)11-17(13-27)25-31(29,30)18-9-7-16(23)8-10-18/h3-10,12-14,17,21,25H,11,24H2,1-2H3/t17-,21-/m0/s1. The van der Waals surface area contributed by atoms with E-state index in [0.29, 0.717) is 22.4 Å². The summed E-state index contributed by atoms with van der Waals surface area (Å²) in [7, 11) is -3.93. The van der Waals surface area contributed by atoms with E-state index < -0.39 is 22.1 Å². The molecule has 31 heavy (non-hydrogen) atoms. The van der Waals surface area contributed by atoms with Crippen LogP contribution in [0.5, 0.6) is 0 Å². The summed E-state index contributed by atoms with van der Waals surface area (Å²) in [6, 6.07) is 11.2. The highest BCUT2D eigenvalue weighted by Gasteiger charge is 2.25. The number of carbonyl (C=O) groups is 2. The van der Waals surface area contributed by atoms with Gasteiger partial charge in [0.1, 0.15) is 6.29 Å². The van der Waals surface area contributed by atoms with Crippen molar-refractivity contribution in [2.75, 3.05) is 0 Å². The van der Waals surface area contributed by atoms with E-state index >= 15 is 0 Å². The number of hydrogen-bond donors (Lipinski definition) is 2. The lowest BCUT2D eigenvalue weighted by atomic mass is 10.0. The van der Waals surface area contributed by atoms with E-state index in [0.717, 1.165) is 5.39 Å². The quantitative estimate of drug-likeness (QED) is 0.501. The van der Waals surface area contributed by atoms with Gasteiger partial charge in [0.15, 0.2) is 0 Å². The largest absolute Gasteiger partial charge is 0.320 e. The summed E-state index contributed by atoms with van der Waals surface area (Å²) in [4.78, 5) is 24.6. The van der Waals surface area contributed by atoms with E-state index in [2.05, 4.69) is 4.72 Å². The van der Waals surface area contributed by atoms with Crippen LogP contribution in [-0.2, 0) is 21.2 Å². The maximum Gasteiger partial charge on any atom is 0.248 e. The molecule has 0 radical (unpaired) electrons.